The minimum Gasteiger partial charge on any atom is -0.497 e. The quantitative estimate of drug-likeness (QED) is 0.244. The summed E-state index contributed by atoms with van der Waals surface area (Å²) in [4.78, 5) is 29.4. The van der Waals surface area contributed by atoms with Gasteiger partial charge in [-0.05, 0) is 61.2 Å². The summed E-state index contributed by atoms with van der Waals surface area (Å²) in [6.07, 6.45) is 5.36. The van der Waals surface area contributed by atoms with E-state index in [-0.39, 0.29) is 39.1 Å². The molecule has 0 unspecified atom stereocenters. The smallest absolute Gasteiger partial charge is 0.264 e. The van der Waals surface area contributed by atoms with E-state index < -0.39 is 28.5 Å². The van der Waals surface area contributed by atoms with Crippen molar-refractivity contribution in [3.05, 3.63) is 88.4 Å². The minimum absolute atomic E-state index is 0.000241. The summed E-state index contributed by atoms with van der Waals surface area (Å²) in [6.45, 7) is 1.33. The first kappa shape index (κ1) is 32.6. The van der Waals surface area contributed by atoms with E-state index in [1.807, 2.05) is 19.1 Å². The number of sulfonamides is 1. The van der Waals surface area contributed by atoms with Crippen molar-refractivity contribution in [2.24, 2.45) is 0 Å². The Morgan fingerprint density at radius 3 is 2.26 bits per heavy atom. The number of ether oxygens (including phenoxy) is 1. The van der Waals surface area contributed by atoms with Gasteiger partial charge in [0, 0.05) is 12.6 Å². The molecule has 0 spiro atoms. The summed E-state index contributed by atoms with van der Waals surface area (Å²) >= 11 is 12.8. The number of hydrogen-bond donors (Lipinski definition) is 1. The van der Waals surface area contributed by atoms with Gasteiger partial charge in [-0.1, -0.05) is 85.8 Å². The molecule has 3 aromatic carbocycles. The molecule has 0 aromatic heterocycles. The Hall–Kier alpha value is -3.27. The molecule has 230 valence electrons. The zero-order valence-electron chi connectivity index (χ0n) is 24.3. The molecule has 8 nitrogen and oxygen atoms in total. The molecule has 4 rings (SSSR count). The van der Waals surface area contributed by atoms with Gasteiger partial charge in [0.1, 0.15) is 18.3 Å². The number of methoxy groups -OCH3 is 1. The first-order valence-corrected chi connectivity index (χ1v) is 16.6. The van der Waals surface area contributed by atoms with Crippen LogP contribution in [0.15, 0.2) is 77.7 Å². The Kier molecular flexibility index (Phi) is 11.3. The third-order valence-electron chi connectivity index (χ3n) is 7.66. The lowest BCUT2D eigenvalue weighted by Gasteiger charge is -2.34. The Balaban J connectivity index is 1.72. The number of halogens is 2. The predicted molar refractivity (Wildman–Crippen MR) is 170 cm³/mol. The fourth-order valence-corrected chi connectivity index (χ4v) is 7.20. The first-order valence-electron chi connectivity index (χ1n) is 14.4. The third-order valence-corrected chi connectivity index (χ3v) is 10.2. The molecule has 3 aromatic rings. The summed E-state index contributed by atoms with van der Waals surface area (Å²) in [5.41, 5.74) is 0.826. The van der Waals surface area contributed by atoms with E-state index in [1.54, 1.807) is 49.6 Å². The van der Waals surface area contributed by atoms with Gasteiger partial charge in [-0.3, -0.25) is 13.9 Å². The second kappa shape index (κ2) is 14.9. The topological polar surface area (TPSA) is 96.0 Å². The molecule has 0 bridgehead atoms. The number of anilines is 1. The van der Waals surface area contributed by atoms with Gasteiger partial charge >= 0.3 is 0 Å². The van der Waals surface area contributed by atoms with Crippen LogP contribution in [-0.2, 0) is 26.2 Å². The summed E-state index contributed by atoms with van der Waals surface area (Å²) in [6, 6.07) is 18.8. The number of nitrogens with one attached hydrogen (secondary N) is 1. The van der Waals surface area contributed by atoms with Crippen molar-refractivity contribution in [3.63, 3.8) is 0 Å². The second-order valence-electron chi connectivity index (χ2n) is 10.5. The van der Waals surface area contributed by atoms with Crippen molar-refractivity contribution < 1.29 is 22.7 Å². The Morgan fingerprint density at radius 2 is 1.63 bits per heavy atom. The van der Waals surface area contributed by atoms with Crippen LogP contribution in [-0.4, -0.2) is 50.9 Å². The van der Waals surface area contributed by atoms with Crippen molar-refractivity contribution in [2.45, 2.75) is 69.0 Å². The van der Waals surface area contributed by atoms with E-state index >= 15 is 0 Å². The highest BCUT2D eigenvalue weighted by Crippen LogP contribution is 2.35. The fraction of sp³-hybridized carbons (Fsp3) is 0.375. The minimum atomic E-state index is -4.25. The molecule has 1 atom stereocenters. The molecule has 1 aliphatic carbocycles. The normalized spacial score (nSPS) is 14.5. The molecule has 11 heteroatoms. The number of nitrogens with zero attached hydrogens (tertiary/aromatic N) is 2. The monoisotopic (exact) mass is 645 g/mol. The van der Waals surface area contributed by atoms with Crippen molar-refractivity contribution >= 4 is 50.7 Å². The molecule has 0 aliphatic heterocycles. The maximum absolute atomic E-state index is 14.3. The lowest BCUT2D eigenvalue weighted by molar-refractivity contribution is -0.140. The number of hydrogen-bond acceptors (Lipinski definition) is 5. The molecule has 1 aliphatic rings. The molecule has 1 saturated carbocycles. The first-order chi connectivity index (χ1) is 20.6. The van der Waals surface area contributed by atoms with Crippen LogP contribution in [0.25, 0.3) is 0 Å². The number of carbonyl (C=O) groups excluding carboxylic acids is 2. The SMILES string of the molecule is CC[C@@H](C(=O)NC1CCCCC1)N(Cc1ccc(OC)cc1)C(=O)CN(c1cccc(Cl)c1Cl)S(=O)(=O)c1ccccc1. The highest BCUT2D eigenvalue weighted by molar-refractivity contribution is 7.92. The van der Waals surface area contributed by atoms with Gasteiger partial charge in [0.05, 0.1) is 27.7 Å². The Morgan fingerprint density at radius 1 is 0.953 bits per heavy atom. The van der Waals surface area contributed by atoms with Crippen LogP contribution >= 0.6 is 23.2 Å². The van der Waals surface area contributed by atoms with Crippen molar-refractivity contribution in [1.82, 2.24) is 10.2 Å². The molecular formula is C32H37Cl2N3O5S. The van der Waals surface area contributed by atoms with Gasteiger partial charge in [0.2, 0.25) is 11.8 Å². The summed E-state index contributed by atoms with van der Waals surface area (Å²) < 4.78 is 34.2. The average Bonchev–Trinajstić information content (AvgIpc) is 3.02. The van der Waals surface area contributed by atoms with E-state index in [4.69, 9.17) is 27.9 Å². The van der Waals surface area contributed by atoms with Gasteiger partial charge in [0.25, 0.3) is 10.0 Å². The standard InChI is InChI=1S/C32H37Cl2N3O5S/c1-3-28(32(39)35-24-11-6-4-7-12-24)36(21-23-17-19-25(42-2)20-18-23)30(38)22-37(29-16-10-15-27(33)31(29)34)43(40,41)26-13-8-5-9-14-26/h5,8-10,13-20,24,28H,3-4,6-7,11-12,21-22H2,1-2H3,(H,35,39)/t28-/m0/s1. The van der Waals surface area contributed by atoms with Gasteiger partial charge in [0.15, 0.2) is 0 Å². The summed E-state index contributed by atoms with van der Waals surface area (Å²) in [7, 11) is -2.69. The van der Waals surface area contributed by atoms with E-state index in [1.165, 1.54) is 23.1 Å². The maximum Gasteiger partial charge on any atom is 0.264 e. The summed E-state index contributed by atoms with van der Waals surface area (Å²) in [5.74, 6) is -0.161. The fourth-order valence-electron chi connectivity index (χ4n) is 5.31. The van der Waals surface area contributed by atoms with Gasteiger partial charge in [-0.15, -0.1) is 0 Å². The summed E-state index contributed by atoms with van der Waals surface area (Å²) in [5, 5.41) is 3.29. The number of benzene rings is 3. The number of rotatable bonds is 12. The molecule has 43 heavy (non-hydrogen) atoms. The predicted octanol–water partition coefficient (Wildman–Crippen LogP) is 6.45. The third kappa shape index (κ3) is 8.02. The molecule has 0 heterocycles. The van der Waals surface area contributed by atoms with Crippen molar-refractivity contribution in [1.29, 1.82) is 0 Å². The lowest BCUT2D eigenvalue weighted by Crippen LogP contribution is -2.54. The van der Waals surface area contributed by atoms with E-state index in [0.29, 0.717) is 12.2 Å². The van der Waals surface area contributed by atoms with Crippen molar-refractivity contribution in [2.75, 3.05) is 18.0 Å². The van der Waals surface area contributed by atoms with E-state index in [0.717, 1.165) is 42.0 Å². The highest BCUT2D eigenvalue weighted by atomic mass is 35.5. The van der Waals surface area contributed by atoms with Gasteiger partial charge in [-0.2, -0.15) is 0 Å². The van der Waals surface area contributed by atoms with Crippen molar-refractivity contribution in [3.8, 4) is 5.75 Å². The second-order valence-corrected chi connectivity index (χ2v) is 13.2. The van der Waals surface area contributed by atoms with E-state index in [9.17, 15) is 18.0 Å². The van der Waals surface area contributed by atoms with Crippen LogP contribution in [0.1, 0.15) is 51.0 Å². The number of amides is 2. The molecule has 1 fully saturated rings. The highest BCUT2D eigenvalue weighted by Gasteiger charge is 2.35. The Labute approximate surface area is 264 Å². The van der Waals surface area contributed by atoms with Crippen LogP contribution in [0.3, 0.4) is 0 Å². The maximum atomic E-state index is 14.3. The zero-order chi connectivity index (χ0) is 31.0. The molecule has 0 saturated heterocycles. The molecule has 0 radical (unpaired) electrons. The van der Waals surface area contributed by atoms with E-state index in [2.05, 4.69) is 5.32 Å². The van der Waals surface area contributed by atoms with Gasteiger partial charge in [-0.25, -0.2) is 8.42 Å². The van der Waals surface area contributed by atoms with Crippen LogP contribution in [0.5, 0.6) is 5.75 Å². The van der Waals surface area contributed by atoms with Crippen LogP contribution in [0.4, 0.5) is 5.69 Å². The average molecular weight is 647 g/mol. The Bertz CT molecular complexity index is 1500. The lowest BCUT2D eigenvalue weighted by atomic mass is 9.95. The van der Waals surface area contributed by atoms with Gasteiger partial charge < -0.3 is 15.0 Å². The van der Waals surface area contributed by atoms with Crippen LogP contribution in [0.2, 0.25) is 10.0 Å². The van der Waals surface area contributed by atoms with Crippen LogP contribution < -0.4 is 14.4 Å². The molecule has 1 N–H and O–H groups in total. The molecule has 2 amide bonds. The zero-order valence-corrected chi connectivity index (χ0v) is 26.7. The van der Waals surface area contributed by atoms with Crippen LogP contribution in [0, 0.1) is 0 Å². The molecular weight excluding hydrogens is 609 g/mol. The largest absolute Gasteiger partial charge is 0.497 e. The number of carbonyl (C=O) groups is 2.